The van der Waals surface area contributed by atoms with Crippen molar-refractivity contribution in [3.63, 3.8) is 0 Å². The molecule has 4 rings (SSSR count). The maximum absolute atomic E-state index is 5.79. The predicted octanol–water partition coefficient (Wildman–Crippen LogP) is 6.78. The molecule has 4 fully saturated rings. The molecule has 0 aliphatic heterocycles. The van der Waals surface area contributed by atoms with Crippen LogP contribution in [0.1, 0.15) is 98.3 Å². The van der Waals surface area contributed by atoms with Crippen molar-refractivity contribution in [1.29, 1.82) is 0 Å². The smallest absolute Gasteiger partial charge is 0.0574 e. The number of nitrogens with zero attached hydrogens (tertiary/aromatic N) is 1. The summed E-state index contributed by atoms with van der Waals surface area (Å²) in [6.07, 6.45) is 16.2. The van der Waals surface area contributed by atoms with Crippen molar-refractivity contribution in [3.8, 4) is 0 Å². The minimum absolute atomic E-state index is 0.536. The summed E-state index contributed by atoms with van der Waals surface area (Å²) in [6.45, 7) is 11.4. The van der Waals surface area contributed by atoms with E-state index < -0.39 is 0 Å². The molecule has 0 aromatic carbocycles. The van der Waals surface area contributed by atoms with Gasteiger partial charge in [-0.2, -0.15) is 0 Å². The minimum atomic E-state index is 0.536. The van der Waals surface area contributed by atoms with Crippen molar-refractivity contribution >= 4 is 0 Å². The van der Waals surface area contributed by atoms with E-state index >= 15 is 0 Å². The molecule has 4 aliphatic carbocycles. The Kier molecular flexibility index (Phi) is 6.45. The van der Waals surface area contributed by atoms with Gasteiger partial charge in [0.25, 0.3) is 0 Å². The van der Waals surface area contributed by atoms with E-state index in [1.807, 2.05) is 7.11 Å². The molecule has 2 nitrogen and oxygen atoms in total. The number of hydrogen-bond donors (Lipinski definition) is 0. The third-order valence-electron chi connectivity index (χ3n) is 10.7. The van der Waals surface area contributed by atoms with Crippen LogP contribution in [0, 0.1) is 40.4 Å². The molecule has 8 atom stereocenters. The van der Waals surface area contributed by atoms with Crippen LogP contribution in [0.15, 0.2) is 0 Å². The molecule has 0 bridgehead atoms. The van der Waals surface area contributed by atoms with Gasteiger partial charge in [0.1, 0.15) is 0 Å². The normalized spacial score (nSPS) is 47.2. The van der Waals surface area contributed by atoms with Gasteiger partial charge in [-0.1, -0.05) is 27.7 Å². The molecule has 2 heteroatoms. The van der Waals surface area contributed by atoms with Gasteiger partial charge in [-0.05, 0) is 125 Å². The van der Waals surface area contributed by atoms with Gasteiger partial charge in [-0.15, -0.1) is 0 Å². The number of fused-ring (bicyclic) bond motifs is 5. The van der Waals surface area contributed by atoms with E-state index in [-0.39, 0.29) is 0 Å². The second-order valence-corrected chi connectivity index (χ2v) is 12.4. The van der Waals surface area contributed by atoms with Crippen LogP contribution in [0.3, 0.4) is 0 Å². The summed E-state index contributed by atoms with van der Waals surface area (Å²) in [5.41, 5.74) is 1.17. The van der Waals surface area contributed by atoms with E-state index in [0.717, 1.165) is 35.6 Å². The Hall–Kier alpha value is -0.0800. The Bertz CT molecular complexity index is 561. The molecular weight excluding hydrogens is 354 g/mol. The van der Waals surface area contributed by atoms with Gasteiger partial charge >= 0.3 is 0 Å². The topological polar surface area (TPSA) is 12.5 Å². The zero-order chi connectivity index (χ0) is 20.8. The van der Waals surface area contributed by atoms with Crippen LogP contribution in [0.4, 0.5) is 0 Å². The highest BCUT2D eigenvalue weighted by atomic mass is 16.5. The first-order valence-corrected chi connectivity index (χ1v) is 13.0. The molecule has 1 unspecified atom stereocenters. The van der Waals surface area contributed by atoms with Gasteiger partial charge in [0, 0.05) is 13.2 Å². The molecule has 0 spiro atoms. The lowest BCUT2D eigenvalue weighted by Crippen LogP contribution is -2.56. The number of hydrogen-bond acceptors (Lipinski definition) is 2. The largest absolute Gasteiger partial charge is 0.381 e. The molecule has 29 heavy (non-hydrogen) atoms. The van der Waals surface area contributed by atoms with Gasteiger partial charge in [0.2, 0.25) is 0 Å². The maximum atomic E-state index is 5.79. The molecule has 0 heterocycles. The molecule has 0 aromatic rings. The van der Waals surface area contributed by atoms with Crippen LogP contribution >= 0.6 is 0 Å². The summed E-state index contributed by atoms with van der Waals surface area (Å²) in [5.74, 6) is 4.74. The van der Waals surface area contributed by atoms with E-state index in [1.165, 1.54) is 77.2 Å². The van der Waals surface area contributed by atoms with Crippen molar-refractivity contribution in [2.24, 2.45) is 40.4 Å². The van der Waals surface area contributed by atoms with Gasteiger partial charge < -0.3 is 9.64 Å². The van der Waals surface area contributed by atoms with Crippen molar-refractivity contribution < 1.29 is 4.74 Å². The summed E-state index contributed by atoms with van der Waals surface area (Å²) in [4.78, 5) is 2.78. The quantitative estimate of drug-likeness (QED) is 0.484. The van der Waals surface area contributed by atoms with Crippen molar-refractivity contribution in [3.05, 3.63) is 0 Å². The Morgan fingerprint density at radius 2 is 1.66 bits per heavy atom. The Balaban J connectivity index is 1.45. The van der Waals surface area contributed by atoms with Gasteiger partial charge in [-0.3, -0.25) is 0 Å². The molecule has 168 valence electrons. The Morgan fingerprint density at radius 3 is 2.38 bits per heavy atom. The van der Waals surface area contributed by atoms with E-state index in [0.29, 0.717) is 16.9 Å². The van der Waals surface area contributed by atoms with Gasteiger partial charge in [-0.25, -0.2) is 0 Å². The average molecular weight is 404 g/mol. The highest BCUT2D eigenvalue weighted by Crippen LogP contribution is 2.66. The SMILES string of the molecule is CO[C@@H]1CC[C@@]2(C)C(CC[C@H]3[C@@H]4CC[C@H](N(C)CCCC(C)C)[C@@]4(C)CC[C@@H]32)C1. The lowest BCUT2D eigenvalue weighted by atomic mass is 9.45. The molecule has 0 aromatic heterocycles. The van der Waals surface area contributed by atoms with E-state index in [4.69, 9.17) is 4.74 Å². The maximum Gasteiger partial charge on any atom is 0.0574 e. The zero-order valence-electron chi connectivity index (χ0n) is 20.4. The fraction of sp³-hybridized carbons (Fsp3) is 1.00. The summed E-state index contributed by atoms with van der Waals surface area (Å²) < 4.78 is 5.79. The van der Waals surface area contributed by atoms with Crippen LogP contribution in [0.2, 0.25) is 0 Å². The third-order valence-corrected chi connectivity index (χ3v) is 10.7. The first-order chi connectivity index (χ1) is 13.8. The molecule has 0 N–H and O–H groups in total. The molecule has 0 saturated heterocycles. The molecule has 0 radical (unpaired) electrons. The molecular formula is C27H49NO. The summed E-state index contributed by atoms with van der Waals surface area (Å²) in [7, 11) is 4.37. The summed E-state index contributed by atoms with van der Waals surface area (Å²) in [6, 6.07) is 0.829. The monoisotopic (exact) mass is 403 g/mol. The van der Waals surface area contributed by atoms with Crippen molar-refractivity contribution in [1.82, 2.24) is 4.90 Å². The minimum Gasteiger partial charge on any atom is -0.381 e. The number of rotatable bonds is 6. The average Bonchev–Trinajstić information content (AvgIpc) is 3.04. The fourth-order valence-electron chi connectivity index (χ4n) is 9.03. The van der Waals surface area contributed by atoms with Crippen molar-refractivity contribution in [2.45, 2.75) is 110 Å². The highest BCUT2D eigenvalue weighted by molar-refractivity contribution is 5.11. The predicted molar refractivity (Wildman–Crippen MR) is 123 cm³/mol. The van der Waals surface area contributed by atoms with E-state index in [9.17, 15) is 0 Å². The first kappa shape index (κ1) is 22.1. The van der Waals surface area contributed by atoms with Crippen LogP contribution in [0.5, 0.6) is 0 Å². The highest BCUT2D eigenvalue weighted by Gasteiger charge is 2.60. The number of ether oxygens (including phenoxy) is 1. The Morgan fingerprint density at radius 1 is 0.931 bits per heavy atom. The van der Waals surface area contributed by atoms with Crippen molar-refractivity contribution in [2.75, 3.05) is 20.7 Å². The van der Waals surface area contributed by atoms with E-state index in [1.54, 1.807) is 0 Å². The van der Waals surface area contributed by atoms with Crippen LogP contribution in [-0.4, -0.2) is 37.7 Å². The lowest BCUT2D eigenvalue weighted by molar-refractivity contribution is -0.132. The first-order valence-electron chi connectivity index (χ1n) is 13.0. The Labute approximate surface area is 181 Å². The van der Waals surface area contributed by atoms with Crippen LogP contribution in [-0.2, 0) is 4.74 Å². The summed E-state index contributed by atoms with van der Waals surface area (Å²) in [5, 5.41) is 0. The van der Waals surface area contributed by atoms with Gasteiger partial charge in [0.05, 0.1) is 6.10 Å². The third kappa shape index (κ3) is 3.84. The van der Waals surface area contributed by atoms with E-state index in [2.05, 4.69) is 39.6 Å². The molecule has 4 aliphatic rings. The molecule has 0 amide bonds. The van der Waals surface area contributed by atoms with Crippen LogP contribution in [0.25, 0.3) is 0 Å². The standard InChI is InChI=1S/C27H49NO/c1-19(2)8-7-17-28(5)25-12-11-23-22-10-9-20-18-21(29-6)13-15-26(20,3)24(22)14-16-27(23,25)4/h19-25H,7-18H2,1-6H3/t20?,21-,22+,23+,24+,25+,26+,27+/m1/s1. The zero-order valence-corrected chi connectivity index (χ0v) is 20.4. The second kappa shape index (κ2) is 8.45. The summed E-state index contributed by atoms with van der Waals surface area (Å²) >= 11 is 0. The molecule has 4 saturated carbocycles. The van der Waals surface area contributed by atoms with Crippen LogP contribution < -0.4 is 0 Å². The number of methoxy groups -OCH3 is 1. The second-order valence-electron chi connectivity index (χ2n) is 12.4. The fourth-order valence-corrected chi connectivity index (χ4v) is 9.03. The lowest BCUT2D eigenvalue weighted by Gasteiger charge is -2.61. The van der Waals surface area contributed by atoms with Gasteiger partial charge in [0.15, 0.2) is 0 Å².